The Labute approximate surface area is 144 Å². The van der Waals surface area contributed by atoms with Crippen LogP contribution in [0.15, 0.2) is 60.9 Å². The lowest BCUT2D eigenvalue weighted by molar-refractivity contribution is -0.116. The van der Waals surface area contributed by atoms with Gasteiger partial charge in [0.25, 0.3) is 0 Å². The summed E-state index contributed by atoms with van der Waals surface area (Å²) in [4.78, 5) is 16.2. The number of hydrogen-bond donors (Lipinski definition) is 3. The van der Waals surface area contributed by atoms with Gasteiger partial charge in [0.2, 0.25) is 5.91 Å². The molecule has 7 heteroatoms. The molecule has 0 bridgehead atoms. The number of rotatable bonds is 7. The number of H-pyrrole nitrogens is 1. The summed E-state index contributed by atoms with van der Waals surface area (Å²) in [6.45, 7) is 0.452. The Bertz CT molecular complexity index is 790. The van der Waals surface area contributed by atoms with Crippen molar-refractivity contribution in [1.29, 1.82) is 0 Å². The van der Waals surface area contributed by atoms with E-state index in [9.17, 15) is 9.18 Å². The monoisotopic (exact) mass is 339 g/mol. The van der Waals surface area contributed by atoms with Gasteiger partial charge in [-0.15, -0.1) is 0 Å². The van der Waals surface area contributed by atoms with Crippen molar-refractivity contribution in [3.63, 3.8) is 0 Å². The Morgan fingerprint density at radius 3 is 2.56 bits per heavy atom. The zero-order chi connectivity index (χ0) is 17.5. The molecule has 3 aromatic rings. The van der Waals surface area contributed by atoms with Crippen molar-refractivity contribution in [2.24, 2.45) is 0 Å². The topological polar surface area (TPSA) is 82.7 Å². The van der Waals surface area contributed by atoms with E-state index in [-0.39, 0.29) is 24.2 Å². The van der Waals surface area contributed by atoms with Gasteiger partial charge in [-0.2, -0.15) is 5.10 Å². The summed E-state index contributed by atoms with van der Waals surface area (Å²) in [5.41, 5.74) is 1.60. The smallest absolute Gasteiger partial charge is 0.225 e. The molecule has 6 nitrogen and oxygen atoms in total. The fourth-order valence-corrected chi connectivity index (χ4v) is 2.46. The zero-order valence-electron chi connectivity index (χ0n) is 13.4. The highest BCUT2D eigenvalue weighted by molar-refractivity contribution is 5.90. The molecular weight excluding hydrogens is 321 g/mol. The molecule has 1 aromatic heterocycles. The first-order valence-electron chi connectivity index (χ1n) is 7.91. The summed E-state index contributed by atoms with van der Waals surface area (Å²) >= 11 is 0. The van der Waals surface area contributed by atoms with E-state index in [1.807, 2.05) is 30.3 Å². The van der Waals surface area contributed by atoms with Crippen molar-refractivity contribution in [3.8, 4) is 0 Å². The lowest BCUT2D eigenvalue weighted by Gasteiger charge is -2.16. The predicted molar refractivity (Wildman–Crippen MR) is 92.3 cm³/mol. The molecule has 1 amide bonds. The number of nitrogens with zero attached hydrogens (tertiary/aromatic N) is 2. The lowest BCUT2D eigenvalue weighted by Crippen LogP contribution is -2.27. The van der Waals surface area contributed by atoms with Crippen LogP contribution in [-0.2, 0) is 4.79 Å². The number of anilines is 1. The van der Waals surface area contributed by atoms with Gasteiger partial charge in [0.05, 0.1) is 6.04 Å². The number of nitrogens with one attached hydrogen (secondary N) is 3. The highest BCUT2D eigenvalue weighted by atomic mass is 19.1. The maximum Gasteiger partial charge on any atom is 0.225 e. The van der Waals surface area contributed by atoms with E-state index in [4.69, 9.17) is 0 Å². The normalized spacial score (nSPS) is 11.9. The summed E-state index contributed by atoms with van der Waals surface area (Å²) in [5, 5.41) is 12.8. The highest BCUT2D eigenvalue weighted by Crippen LogP contribution is 2.18. The van der Waals surface area contributed by atoms with Crippen LogP contribution in [0.5, 0.6) is 0 Å². The highest BCUT2D eigenvalue weighted by Gasteiger charge is 2.16. The standard InChI is InChI=1S/C18H18FN5O/c19-14-6-8-15(9-7-14)23-16(25)10-11-20-17(18-21-12-22-24-18)13-4-2-1-3-5-13/h1-9,12,17,20H,10-11H2,(H,23,25)(H,21,22,24). The van der Waals surface area contributed by atoms with Gasteiger partial charge in [0.1, 0.15) is 18.0 Å². The number of halogens is 1. The van der Waals surface area contributed by atoms with Crippen LogP contribution in [0.2, 0.25) is 0 Å². The molecule has 0 saturated heterocycles. The van der Waals surface area contributed by atoms with E-state index in [0.29, 0.717) is 18.1 Å². The molecule has 1 heterocycles. The summed E-state index contributed by atoms with van der Waals surface area (Å²) in [5.74, 6) is 0.200. The Morgan fingerprint density at radius 1 is 1.12 bits per heavy atom. The SMILES string of the molecule is O=C(CCNC(c1ccccc1)c1ncn[nH]1)Nc1ccc(F)cc1. The molecule has 0 spiro atoms. The van der Waals surface area contributed by atoms with E-state index in [2.05, 4.69) is 25.8 Å². The minimum Gasteiger partial charge on any atom is -0.326 e. The third-order valence-electron chi connectivity index (χ3n) is 3.67. The predicted octanol–water partition coefficient (Wildman–Crippen LogP) is 2.65. The average molecular weight is 339 g/mol. The summed E-state index contributed by atoms with van der Waals surface area (Å²) in [6.07, 6.45) is 1.73. The second-order valence-electron chi connectivity index (χ2n) is 5.47. The molecule has 0 radical (unpaired) electrons. The van der Waals surface area contributed by atoms with E-state index in [1.54, 1.807) is 0 Å². The van der Waals surface area contributed by atoms with E-state index in [0.717, 1.165) is 5.56 Å². The Morgan fingerprint density at radius 2 is 1.88 bits per heavy atom. The molecule has 0 aliphatic rings. The number of aromatic nitrogens is 3. The van der Waals surface area contributed by atoms with Crippen LogP contribution in [-0.4, -0.2) is 27.6 Å². The second-order valence-corrected chi connectivity index (χ2v) is 5.47. The molecule has 0 aliphatic carbocycles. The van der Waals surface area contributed by atoms with E-state index >= 15 is 0 Å². The number of hydrogen-bond acceptors (Lipinski definition) is 4. The Kier molecular flexibility index (Phi) is 5.48. The first-order valence-corrected chi connectivity index (χ1v) is 7.91. The second kappa shape index (κ2) is 8.16. The number of benzene rings is 2. The van der Waals surface area contributed by atoms with Crippen molar-refractivity contribution < 1.29 is 9.18 Å². The van der Waals surface area contributed by atoms with Crippen molar-refractivity contribution in [1.82, 2.24) is 20.5 Å². The van der Waals surface area contributed by atoms with Gasteiger partial charge < -0.3 is 10.6 Å². The van der Waals surface area contributed by atoms with Crippen LogP contribution >= 0.6 is 0 Å². The van der Waals surface area contributed by atoms with Crippen molar-refractivity contribution in [3.05, 3.63) is 78.1 Å². The van der Waals surface area contributed by atoms with Crippen LogP contribution in [0.3, 0.4) is 0 Å². The van der Waals surface area contributed by atoms with Gasteiger partial charge in [-0.25, -0.2) is 9.37 Å². The van der Waals surface area contributed by atoms with Gasteiger partial charge in [0.15, 0.2) is 0 Å². The fraction of sp³-hybridized carbons (Fsp3) is 0.167. The quantitative estimate of drug-likeness (QED) is 0.618. The first-order chi connectivity index (χ1) is 12.2. The van der Waals surface area contributed by atoms with Crippen LogP contribution in [0.4, 0.5) is 10.1 Å². The number of carbonyl (C=O) groups is 1. The van der Waals surface area contributed by atoms with Crippen LogP contribution in [0.25, 0.3) is 0 Å². The van der Waals surface area contributed by atoms with Crippen molar-refractivity contribution in [2.45, 2.75) is 12.5 Å². The molecular formula is C18H18FN5O. The molecule has 2 aromatic carbocycles. The summed E-state index contributed by atoms with van der Waals surface area (Å²) < 4.78 is 12.9. The third kappa shape index (κ3) is 4.71. The Balaban J connectivity index is 1.56. The number of aromatic amines is 1. The van der Waals surface area contributed by atoms with Crippen molar-refractivity contribution in [2.75, 3.05) is 11.9 Å². The molecule has 1 unspecified atom stereocenters. The largest absolute Gasteiger partial charge is 0.326 e. The van der Waals surface area contributed by atoms with Gasteiger partial charge in [-0.1, -0.05) is 30.3 Å². The molecule has 1 atom stereocenters. The minimum absolute atomic E-state index is 0.150. The maximum atomic E-state index is 12.9. The lowest BCUT2D eigenvalue weighted by atomic mass is 10.1. The molecule has 25 heavy (non-hydrogen) atoms. The van der Waals surface area contributed by atoms with Crippen LogP contribution in [0.1, 0.15) is 23.9 Å². The van der Waals surface area contributed by atoms with E-state index < -0.39 is 0 Å². The van der Waals surface area contributed by atoms with Gasteiger partial charge in [0, 0.05) is 18.7 Å². The van der Waals surface area contributed by atoms with E-state index in [1.165, 1.54) is 30.6 Å². The average Bonchev–Trinajstić information content (AvgIpc) is 3.16. The maximum absolute atomic E-state index is 12.9. The minimum atomic E-state index is -0.336. The number of amides is 1. The van der Waals surface area contributed by atoms with Gasteiger partial charge in [-0.05, 0) is 29.8 Å². The molecule has 128 valence electrons. The molecule has 3 rings (SSSR count). The molecule has 0 saturated carbocycles. The molecule has 0 aliphatic heterocycles. The first kappa shape index (κ1) is 16.8. The zero-order valence-corrected chi connectivity index (χ0v) is 13.4. The van der Waals surface area contributed by atoms with Crippen molar-refractivity contribution >= 4 is 11.6 Å². The summed E-state index contributed by atoms with van der Waals surface area (Å²) in [6, 6.07) is 15.3. The molecule has 0 fully saturated rings. The fourth-order valence-electron chi connectivity index (χ4n) is 2.46. The van der Waals surface area contributed by atoms with Gasteiger partial charge >= 0.3 is 0 Å². The molecule has 3 N–H and O–H groups in total. The van der Waals surface area contributed by atoms with Crippen LogP contribution < -0.4 is 10.6 Å². The number of carbonyl (C=O) groups excluding carboxylic acids is 1. The third-order valence-corrected chi connectivity index (χ3v) is 3.67. The Hall–Kier alpha value is -3.06. The van der Waals surface area contributed by atoms with Crippen LogP contribution in [0, 0.1) is 5.82 Å². The van der Waals surface area contributed by atoms with Gasteiger partial charge in [-0.3, -0.25) is 9.89 Å². The summed E-state index contributed by atoms with van der Waals surface area (Å²) in [7, 11) is 0.